The average molecular weight is 535 g/mol. The minimum absolute atomic E-state index is 0.0914. The molecule has 1 aliphatic heterocycles. The zero-order valence-electron chi connectivity index (χ0n) is 21.6. The van der Waals surface area contributed by atoms with Crippen molar-refractivity contribution in [1.82, 2.24) is 34.3 Å². The SMILES string of the molecule is Cc1nnn(C)c1-c1cnc2c3c(c(CS(N)(=O)=O)nn3C)n(C(c3ccccc3)C3CCOCC3)c2c1. The molecule has 1 aromatic carbocycles. The molecule has 2 N–H and O–H groups in total. The first-order chi connectivity index (χ1) is 18.2. The molecule has 38 heavy (non-hydrogen) atoms. The molecule has 12 heteroatoms. The van der Waals surface area contributed by atoms with E-state index in [4.69, 9.17) is 14.9 Å². The number of fused-ring (bicyclic) bond motifs is 3. The topological polar surface area (TPSA) is 136 Å². The van der Waals surface area contributed by atoms with Crippen molar-refractivity contribution in [1.29, 1.82) is 0 Å². The van der Waals surface area contributed by atoms with Gasteiger partial charge in [-0.05, 0) is 37.3 Å². The second-order valence-electron chi connectivity index (χ2n) is 9.99. The molecule has 1 aliphatic rings. The van der Waals surface area contributed by atoms with Crippen LogP contribution in [-0.2, 0) is 34.6 Å². The van der Waals surface area contributed by atoms with Crippen LogP contribution in [0.3, 0.4) is 0 Å². The van der Waals surface area contributed by atoms with Crippen LogP contribution in [0.15, 0.2) is 42.6 Å². The smallest absolute Gasteiger partial charge is 0.214 e. The summed E-state index contributed by atoms with van der Waals surface area (Å²) in [5, 5.41) is 18.5. The molecule has 5 aromatic rings. The van der Waals surface area contributed by atoms with Crippen LogP contribution in [0.2, 0.25) is 0 Å². The second kappa shape index (κ2) is 9.29. The second-order valence-corrected chi connectivity index (χ2v) is 11.6. The summed E-state index contributed by atoms with van der Waals surface area (Å²) in [7, 11) is -0.155. The number of nitrogens with zero attached hydrogens (tertiary/aromatic N) is 7. The molecule has 1 unspecified atom stereocenters. The number of hydrogen-bond donors (Lipinski definition) is 1. The number of nitrogens with two attached hydrogens (primary N) is 1. The lowest BCUT2D eigenvalue weighted by Gasteiger charge is -2.33. The lowest BCUT2D eigenvalue weighted by Crippen LogP contribution is -2.27. The Balaban J connectivity index is 1.72. The first-order valence-electron chi connectivity index (χ1n) is 12.6. The van der Waals surface area contributed by atoms with Crippen molar-refractivity contribution in [3.05, 3.63) is 59.5 Å². The maximum atomic E-state index is 12.3. The zero-order chi connectivity index (χ0) is 26.6. The minimum Gasteiger partial charge on any atom is -0.381 e. The molecule has 0 radical (unpaired) electrons. The molecule has 0 saturated carbocycles. The Bertz CT molecular complexity index is 1730. The molecule has 1 atom stereocenters. The third-order valence-corrected chi connectivity index (χ3v) is 8.10. The van der Waals surface area contributed by atoms with Crippen molar-refractivity contribution < 1.29 is 13.2 Å². The van der Waals surface area contributed by atoms with E-state index in [1.165, 1.54) is 0 Å². The minimum atomic E-state index is -3.83. The third-order valence-electron chi connectivity index (χ3n) is 7.42. The molecular weight excluding hydrogens is 504 g/mol. The van der Waals surface area contributed by atoms with Gasteiger partial charge in [0.05, 0.1) is 28.5 Å². The van der Waals surface area contributed by atoms with E-state index < -0.39 is 10.0 Å². The van der Waals surface area contributed by atoms with Gasteiger partial charge in [-0.3, -0.25) is 9.67 Å². The van der Waals surface area contributed by atoms with Crippen LogP contribution in [0.4, 0.5) is 0 Å². The van der Waals surface area contributed by atoms with E-state index in [9.17, 15) is 8.42 Å². The lowest BCUT2D eigenvalue weighted by molar-refractivity contribution is 0.0552. The lowest BCUT2D eigenvalue weighted by atomic mass is 9.86. The van der Waals surface area contributed by atoms with Gasteiger partial charge in [-0.25, -0.2) is 18.2 Å². The fourth-order valence-corrected chi connectivity index (χ4v) is 6.48. The van der Waals surface area contributed by atoms with Crippen molar-refractivity contribution in [2.24, 2.45) is 25.2 Å². The number of benzene rings is 1. The Morgan fingerprint density at radius 2 is 1.84 bits per heavy atom. The average Bonchev–Trinajstić information content (AvgIpc) is 3.51. The summed E-state index contributed by atoms with van der Waals surface area (Å²) in [5.74, 6) is -0.107. The van der Waals surface area contributed by atoms with Gasteiger partial charge in [0.25, 0.3) is 0 Å². The number of hydrogen-bond acceptors (Lipinski definition) is 7. The van der Waals surface area contributed by atoms with Gasteiger partial charge in [0, 0.05) is 39.1 Å². The van der Waals surface area contributed by atoms with Crippen molar-refractivity contribution in [3.63, 3.8) is 0 Å². The molecule has 6 rings (SSSR count). The van der Waals surface area contributed by atoms with E-state index in [1.807, 2.05) is 45.4 Å². The molecule has 198 valence electrons. The van der Waals surface area contributed by atoms with E-state index in [0.29, 0.717) is 18.9 Å². The fourth-order valence-electron chi connectivity index (χ4n) is 5.90. The highest BCUT2D eigenvalue weighted by Gasteiger charge is 2.33. The fraction of sp³-hybridized carbons (Fsp3) is 0.385. The molecule has 1 fully saturated rings. The highest BCUT2D eigenvalue weighted by atomic mass is 32.2. The van der Waals surface area contributed by atoms with Crippen molar-refractivity contribution in [2.45, 2.75) is 31.6 Å². The van der Waals surface area contributed by atoms with Crippen LogP contribution in [0.1, 0.15) is 35.8 Å². The van der Waals surface area contributed by atoms with Gasteiger partial charge in [-0.2, -0.15) is 5.10 Å². The molecule has 4 aromatic heterocycles. The van der Waals surface area contributed by atoms with Gasteiger partial charge < -0.3 is 9.30 Å². The Labute approximate surface area is 220 Å². The first kappa shape index (κ1) is 24.7. The quantitative estimate of drug-likeness (QED) is 0.354. The molecule has 0 bridgehead atoms. The number of aromatic nitrogens is 7. The number of aryl methyl sites for hydroxylation is 3. The van der Waals surface area contributed by atoms with E-state index in [1.54, 1.807) is 9.36 Å². The van der Waals surface area contributed by atoms with Crippen LogP contribution in [0, 0.1) is 12.8 Å². The summed E-state index contributed by atoms with van der Waals surface area (Å²) in [4.78, 5) is 4.90. The number of pyridine rings is 1. The maximum Gasteiger partial charge on any atom is 0.214 e. The summed E-state index contributed by atoms with van der Waals surface area (Å²) in [6, 6.07) is 12.3. The highest BCUT2D eigenvalue weighted by molar-refractivity contribution is 7.88. The Morgan fingerprint density at radius 3 is 2.50 bits per heavy atom. The Kier molecular flexibility index (Phi) is 6.04. The van der Waals surface area contributed by atoms with Crippen LogP contribution < -0.4 is 5.14 Å². The van der Waals surface area contributed by atoms with Crippen molar-refractivity contribution in [3.8, 4) is 11.3 Å². The summed E-state index contributed by atoms with van der Waals surface area (Å²) in [6.45, 7) is 3.28. The summed E-state index contributed by atoms with van der Waals surface area (Å²) >= 11 is 0. The standard InChI is InChI=1S/C26H30N8O3S/c1-16-23(33(3)31-29-16)19-13-21-22(28-14-19)26-25(20(30-32(26)2)15-38(27,35)36)34(21)24(17-7-5-4-6-8-17)18-9-11-37-12-10-18/h4-8,13-14,18,24H,9-12,15H2,1-3H3,(H2,27,35,36). The molecule has 5 heterocycles. The van der Waals surface area contributed by atoms with Crippen LogP contribution in [0.5, 0.6) is 0 Å². The molecule has 0 amide bonds. The van der Waals surface area contributed by atoms with Gasteiger partial charge in [-0.15, -0.1) is 5.10 Å². The maximum absolute atomic E-state index is 12.3. The van der Waals surface area contributed by atoms with Gasteiger partial charge in [0.1, 0.15) is 22.5 Å². The molecule has 0 aliphatic carbocycles. The van der Waals surface area contributed by atoms with Crippen molar-refractivity contribution >= 4 is 32.1 Å². The zero-order valence-corrected chi connectivity index (χ0v) is 22.4. The summed E-state index contributed by atoms with van der Waals surface area (Å²) < 4.78 is 36.0. The van der Waals surface area contributed by atoms with Gasteiger partial charge in [0.2, 0.25) is 10.0 Å². The molecule has 1 saturated heterocycles. The highest BCUT2D eigenvalue weighted by Crippen LogP contribution is 2.42. The van der Waals surface area contributed by atoms with Gasteiger partial charge >= 0.3 is 0 Å². The van der Waals surface area contributed by atoms with E-state index >= 15 is 0 Å². The van der Waals surface area contributed by atoms with E-state index in [-0.39, 0.29) is 17.7 Å². The van der Waals surface area contributed by atoms with E-state index in [0.717, 1.165) is 57.4 Å². The normalized spacial score (nSPS) is 16.0. The summed E-state index contributed by atoms with van der Waals surface area (Å²) in [5.41, 5.74) is 7.26. The summed E-state index contributed by atoms with van der Waals surface area (Å²) in [6.07, 6.45) is 3.57. The monoisotopic (exact) mass is 534 g/mol. The number of ether oxygens (including phenoxy) is 1. The third kappa shape index (κ3) is 4.18. The first-order valence-corrected chi connectivity index (χ1v) is 14.3. The number of rotatable bonds is 6. The van der Waals surface area contributed by atoms with Gasteiger partial charge in [-0.1, -0.05) is 35.5 Å². The molecule has 11 nitrogen and oxygen atoms in total. The van der Waals surface area contributed by atoms with Gasteiger partial charge in [0.15, 0.2) is 0 Å². The predicted octanol–water partition coefficient (Wildman–Crippen LogP) is 2.83. The van der Waals surface area contributed by atoms with Crippen LogP contribution in [0.25, 0.3) is 33.3 Å². The van der Waals surface area contributed by atoms with Crippen molar-refractivity contribution in [2.75, 3.05) is 13.2 Å². The van der Waals surface area contributed by atoms with E-state index in [2.05, 4.69) is 38.2 Å². The molecule has 0 spiro atoms. The molecular formula is C26H30N8O3S. The Hall–Kier alpha value is -3.61. The number of sulfonamides is 1. The predicted molar refractivity (Wildman–Crippen MR) is 144 cm³/mol. The number of primary sulfonamides is 1. The van der Waals surface area contributed by atoms with Crippen LogP contribution in [-0.4, -0.2) is 56.0 Å². The van der Waals surface area contributed by atoms with Crippen LogP contribution >= 0.6 is 0 Å². The Morgan fingerprint density at radius 1 is 1.11 bits per heavy atom. The largest absolute Gasteiger partial charge is 0.381 e.